The molecule has 3 rings (SSSR count). The van der Waals surface area contributed by atoms with Crippen LogP contribution in [-0.4, -0.2) is 21.6 Å². The molecular formula is C15H22N2O3S. The minimum Gasteiger partial charge on any atom is -0.492 e. The number of ether oxygens (including phenoxy) is 1. The van der Waals surface area contributed by atoms with E-state index in [2.05, 4.69) is 4.72 Å². The molecule has 1 aromatic carbocycles. The summed E-state index contributed by atoms with van der Waals surface area (Å²) >= 11 is 0. The Balaban J connectivity index is 1.75. The number of sulfonamides is 1. The van der Waals surface area contributed by atoms with Gasteiger partial charge in [-0.25, -0.2) is 13.1 Å². The van der Waals surface area contributed by atoms with Crippen LogP contribution in [0.3, 0.4) is 0 Å². The first-order chi connectivity index (χ1) is 10.1. The maximum atomic E-state index is 12.5. The molecule has 1 fully saturated rings. The summed E-state index contributed by atoms with van der Waals surface area (Å²) in [7, 11) is -3.56. The van der Waals surface area contributed by atoms with Gasteiger partial charge in [0.1, 0.15) is 10.6 Å². The molecule has 0 atom stereocenters. The minimum absolute atomic E-state index is 0.184. The van der Waals surface area contributed by atoms with Gasteiger partial charge in [-0.05, 0) is 49.3 Å². The van der Waals surface area contributed by atoms with Crippen molar-refractivity contribution in [2.45, 2.75) is 43.4 Å². The van der Waals surface area contributed by atoms with E-state index in [1.54, 1.807) is 6.07 Å². The second kappa shape index (κ2) is 5.85. The molecule has 0 unspecified atom stereocenters. The Hall–Kier alpha value is -1.27. The molecule has 1 aliphatic carbocycles. The first-order valence-electron chi connectivity index (χ1n) is 7.61. The number of nitrogen functional groups attached to an aromatic ring is 1. The Kier molecular flexibility index (Phi) is 4.08. The predicted molar refractivity (Wildman–Crippen MR) is 81.8 cm³/mol. The first kappa shape index (κ1) is 14.7. The lowest BCUT2D eigenvalue weighted by Gasteiger charge is -2.21. The van der Waals surface area contributed by atoms with E-state index in [9.17, 15) is 8.42 Å². The monoisotopic (exact) mass is 310 g/mol. The molecule has 2 aliphatic rings. The highest BCUT2D eigenvalue weighted by Gasteiger charge is 2.25. The highest BCUT2D eigenvalue weighted by Crippen LogP contribution is 2.35. The van der Waals surface area contributed by atoms with E-state index in [1.807, 2.05) is 0 Å². The molecule has 0 bridgehead atoms. The Bertz CT molecular complexity index is 624. The number of rotatable bonds is 6. The van der Waals surface area contributed by atoms with Gasteiger partial charge in [0.2, 0.25) is 10.0 Å². The minimum atomic E-state index is -3.56. The van der Waals surface area contributed by atoms with Crippen LogP contribution in [0.1, 0.15) is 37.7 Å². The molecule has 5 nitrogen and oxygen atoms in total. The maximum absolute atomic E-state index is 12.5. The molecular weight excluding hydrogens is 288 g/mol. The maximum Gasteiger partial charge on any atom is 0.244 e. The fraction of sp³-hybridized carbons (Fsp3) is 0.600. The predicted octanol–water partition coefficient (Wildman–Crippen LogP) is 2.06. The molecule has 0 aromatic heterocycles. The van der Waals surface area contributed by atoms with Gasteiger partial charge in [0.15, 0.2) is 0 Å². The number of benzene rings is 1. The molecule has 1 aliphatic heterocycles. The zero-order valence-corrected chi connectivity index (χ0v) is 12.9. The quantitative estimate of drug-likeness (QED) is 0.622. The second-order valence-corrected chi connectivity index (χ2v) is 7.68. The van der Waals surface area contributed by atoms with E-state index in [4.69, 9.17) is 10.5 Å². The standard InChI is InChI=1S/C15H22N2O3S/c16-13-9-12-4-2-8-20-15(12)14(10-13)21(18,19)17-7-1-3-11-5-6-11/h9-11,17H,1-8,16H2. The second-order valence-electron chi connectivity index (χ2n) is 5.94. The van der Waals surface area contributed by atoms with E-state index >= 15 is 0 Å². The van der Waals surface area contributed by atoms with Crippen molar-refractivity contribution in [3.63, 3.8) is 0 Å². The Labute approximate surface area is 125 Å². The van der Waals surface area contributed by atoms with Crippen molar-refractivity contribution in [2.75, 3.05) is 18.9 Å². The van der Waals surface area contributed by atoms with Crippen molar-refractivity contribution in [1.82, 2.24) is 4.72 Å². The Morgan fingerprint density at radius 1 is 1.33 bits per heavy atom. The van der Waals surface area contributed by atoms with Gasteiger partial charge in [0.25, 0.3) is 0 Å². The lowest BCUT2D eigenvalue weighted by Crippen LogP contribution is -2.26. The summed E-state index contributed by atoms with van der Waals surface area (Å²) in [6.07, 6.45) is 6.28. The van der Waals surface area contributed by atoms with E-state index in [0.717, 1.165) is 37.2 Å². The van der Waals surface area contributed by atoms with Gasteiger partial charge >= 0.3 is 0 Å². The van der Waals surface area contributed by atoms with Gasteiger partial charge in [-0.3, -0.25) is 0 Å². The largest absolute Gasteiger partial charge is 0.492 e. The molecule has 1 aromatic rings. The fourth-order valence-corrected chi connectivity index (χ4v) is 4.04. The van der Waals surface area contributed by atoms with Gasteiger partial charge < -0.3 is 10.5 Å². The lowest BCUT2D eigenvalue weighted by atomic mass is 10.1. The number of fused-ring (bicyclic) bond motifs is 1. The van der Waals surface area contributed by atoms with Crippen LogP contribution in [0.25, 0.3) is 0 Å². The van der Waals surface area contributed by atoms with Gasteiger partial charge in [0.05, 0.1) is 6.61 Å². The van der Waals surface area contributed by atoms with E-state index in [0.29, 0.717) is 24.6 Å². The normalized spacial score (nSPS) is 18.1. The van der Waals surface area contributed by atoms with Gasteiger partial charge in [-0.15, -0.1) is 0 Å². The molecule has 0 radical (unpaired) electrons. The van der Waals surface area contributed by atoms with Crippen LogP contribution in [0.2, 0.25) is 0 Å². The van der Waals surface area contributed by atoms with Crippen LogP contribution in [0.4, 0.5) is 5.69 Å². The van der Waals surface area contributed by atoms with Crippen molar-refractivity contribution in [3.05, 3.63) is 17.7 Å². The number of hydrogen-bond donors (Lipinski definition) is 2. The fourth-order valence-electron chi connectivity index (χ4n) is 2.75. The molecule has 116 valence electrons. The van der Waals surface area contributed by atoms with Crippen molar-refractivity contribution >= 4 is 15.7 Å². The van der Waals surface area contributed by atoms with Crippen LogP contribution < -0.4 is 15.2 Å². The highest BCUT2D eigenvalue weighted by molar-refractivity contribution is 7.89. The Morgan fingerprint density at radius 3 is 2.90 bits per heavy atom. The molecule has 1 saturated carbocycles. The summed E-state index contributed by atoms with van der Waals surface area (Å²) in [6.45, 7) is 1.03. The van der Waals surface area contributed by atoms with Crippen molar-refractivity contribution in [3.8, 4) is 5.75 Å². The van der Waals surface area contributed by atoms with E-state index < -0.39 is 10.0 Å². The molecule has 6 heteroatoms. The van der Waals surface area contributed by atoms with E-state index in [-0.39, 0.29) is 4.90 Å². The van der Waals surface area contributed by atoms with Crippen LogP contribution >= 0.6 is 0 Å². The molecule has 0 amide bonds. The molecule has 0 saturated heterocycles. The number of nitrogens with two attached hydrogens (primary N) is 1. The Morgan fingerprint density at radius 2 is 2.14 bits per heavy atom. The zero-order valence-electron chi connectivity index (χ0n) is 12.1. The van der Waals surface area contributed by atoms with Crippen molar-refractivity contribution in [1.29, 1.82) is 0 Å². The van der Waals surface area contributed by atoms with Gasteiger partial charge in [-0.1, -0.05) is 12.8 Å². The average Bonchev–Trinajstić information content (AvgIpc) is 3.27. The lowest BCUT2D eigenvalue weighted by molar-refractivity contribution is 0.280. The van der Waals surface area contributed by atoms with Crippen LogP contribution in [-0.2, 0) is 16.4 Å². The third kappa shape index (κ3) is 3.49. The zero-order chi connectivity index (χ0) is 14.9. The first-order valence-corrected chi connectivity index (χ1v) is 9.09. The number of aryl methyl sites for hydroxylation is 1. The summed E-state index contributed by atoms with van der Waals surface area (Å²) in [4.78, 5) is 0.184. The smallest absolute Gasteiger partial charge is 0.244 e. The third-order valence-corrected chi connectivity index (χ3v) is 5.53. The molecule has 3 N–H and O–H groups in total. The van der Waals surface area contributed by atoms with Gasteiger partial charge in [-0.2, -0.15) is 0 Å². The van der Waals surface area contributed by atoms with Gasteiger partial charge in [0, 0.05) is 12.2 Å². The van der Waals surface area contributed by atoms with Crippen LogP contribution in [0, 0.1) is 5.92 Å². The summed E-state index contributed by atoms with van der Waals surface area (Å²) in [5.41, 5.74) is 7.19. The summed E-state index contributed by atoms with van der Waals surface area (Å²) < 4.78 is 33.2. The third-order valence-electron chi connectivity index (χ3n) is 4.06. The molecule has 21 heavy (non-hydrogen) atoms. The number of anilines is 1. The van der Waals surface area contributed by atoms with Crippen molar-refractivity contribution in [2.24, 2.45) is 5.92 Å². The van der Waals surface area contributed by atoms with Crippen LogP contribution in [0.15, 0.2) is 17.0 Å². The topological polar surface area (TPSA) is 81.4 Å². The summed E-state index contributed by atoms with van der Waals surface area (Å²) in [5.74, 6) is 1.29. The SMILES string of the molecule is Nc1cc2c(c(S(=O)(=O)NCCCC3CC3)c1)OCCC2. The number of nitrogens with one attached hydrogen (secondary N) is 1. The van der Waals surface area contributed by atoms with E-state index in [1.165, 1.54) is 18.9 Å². The summed E-state index contributed by atoms with van der Waals surface area (Å²) in [6, 6.07) is 3.30. The van der Waals surface area contributed by atoms with Crippen molar-refractivity contribution < 1.29 is 13.2 Å². The van der Waals surface area contributed by atoms with Crippen LogP contribution in [0.5, 0.6) is 5.75 Å². The average molecular weight is 310 g/mol. The molecule has 1 heterocycles. The molecule has 0 spiro atoms. The summed E-state index contributed by atoms with van der Waals surface area (Å²) in [5, 5.41) is 0. The highest BCUT2D eigenvalue weighted by atomic mass is 32.2. The number of hydrogen-bond acceptors (Lipinski definition) is 4.